The number of hydrogen-bond donors (Lipinski definition) is 1. The van der Waals surface area contributed by atoms with Gasteiger partial charge in [0, 0.05) is 5.41 Å². The lowest BCUT2D eigenvalue weighted by atomic mass is 9.86. The molecule has 0 rings (SSSR count). The third kappa shape index (κ3) is 5.02. The van der Waals surface area contributed by atoms with Gasteiger partial charge < -0.3 is 4.74 Å². The Morgan fingerprint density at radius 2 is 1.83 bits per heavy atom. The first-order chi connectivity index (χ1) is 8.06. The molecule has 0 spiro atoms. The molecule has 0 amide bonds. The van der Waals surface area contributed by atoms with Gasteiger partial charge >= 0.3 is 5.97 Å². The van der Waals surface area contributed by atoms with E-state index in [0.29, 0.717) is 0 Å². The number of esters is 1. The zero-order valence-corrected chi connectivity index (χ0v) is 12.8. The van der Waals surface area contributed by atoms with Gasteiger partial charge in [-0.3, -0.25) is 9.18 Å². The Morgan fingerprint density at radius 1 is 1.33 bits per heavy atom. The second kappa shape index (κ2) is 6.61. The number of carbonyl (C=O) groups excluding carboxylic acids is 1. The molecule has 0 aliphatic rings. The minimum absolute atomic E-state index is 0.210. The largest absolute Gasteiger partial charge is 0.465 e. The topological polar surface area (TPSA) is 55.4 Å². The number of alkyl halides is 1. The van der Waals surface area contributed by atoms with E-state index in [9.17, 15) is 13.4 Å². The standard InChI is InChI=1S/C12H24FNO3S/c1-7-17-10(15)9(12(5,6)8-13)14-18(16)11(2,3)4/h9,14H,7-8H2,1-6H3/t9-,18?/m1/s1. The van der Waals surface area contributed by atoms with E-state index >= 15 is 0 Å². The number of ether oxygens (including phenoxy) is 1. The van der Waals surface area contributed by atoms with Crippen molar-refractivity contribution >= 4 is 17.0 Å². The fourth-order valence-corrected chi connectivity index (χ4v) is 2.10. The first-order valence-corrected chi connectivity index (χ1v) is 7.12. The zero-order valence-electron chi connectivity index (χ0n) is 12.0. The SMILES string of the molecule is CCOC(=O)[C@@H](NS(=O)C(C)(C)C)C(C)(C)CF. The number of nitrogens with one attached hydrogen (secondary N) is 1. The molecule has 0 aliphatic carbocycles. The Balaban J connectivity index is 5.02. The molecule has 1 N–H and O–H groups in total. The van der Waals surface area contributed by atoms with Crippen molar-refractivity contribution in [3.63, 3.8) is 0 Å². The monoisotopic (exact) mass is 281 g/mol. The molecule has 6 heteroatoms. The molecule has 1 unspecified atom stereocenters. The summed E-state index contributed by atoms with van der Waals surface area (Å²) in [5.41, 5.74) is -0.965. The van der Waals surface area contributed by atoms with E-state index in [1.165, 1.54) is 0 Å². The molecule has 0 aliphatic heterocycles. The van der Waals surface area contributed by atoms with E-state index in [-0.39, 0.29) is 6.61 Å². The van der Waals surface area contributed by atoms with E-state index < -0.39 is 39.8 Å². The van der Waals surface area contributed by atoms with Crippen LogP contribution < -0.4 is 4.72 Å². The van der Waals surface area contributed by atoms with Gasteiger partial charge in [-0.2, -0.15) is 0 Å². The summed E-state index contributed by atoms with van der Waals surface area (Å²) in [5, 5.41) is 0. The van der Waals surface area contributed by atoms with Crippen molar-refractivity contribution in [2.75, 3.05) is 13.3 Å². The number of halogens is 1. The van der Waals surface area contributed by atoms with E-state index in [4.69, 9.17) is 4.74 Å². The Kier molecular flexibility index (Phi) is 6.43. The molecule has 0 aromatic rings. The van der Waals surface area contributed by atoms with Crippen molar-refractivity contribution in [1.82, 2.24) is 4.72 Å². The van der Waals surface area contributed by atoms with Crippen molar-refractivity contribution in [3.8, 4) is 0 Å². The van der Waals surface area contributed by atoms with Crippen molar-refractivity contribution < 1.29 is 18.1 Å². The minimum Gasteiger partial charge on any atom is -0.465 e. The van der Waals surface area contributed by atoms with Gasteiger partial charge in [0.05, 0.1) is 29.0 Å². The highest BCUT2D eigenvalue weighted by molar-refractivity contribution is 7.84. The molecule has 0 aromatic carbocycles. The summed E-state index contributed by atoms with van der Waals surface area (Å²) in [7, 11) is -1.46. The molecule has 0 saturated carbocycles. The fourth-order valence-electron chi connectivity index (χ4n) is 1.11. The lowest BCUT2D eigenvalue weighted by Crippen LogP contribution is -2.53. The molecular weight excluding hydrogens is 257 g/mol. The van der Waals surface area contributed by atoms with Crippen LogP contribution in [0, 0.1) is 5.41 Å². The smallest absolute Gasteiger partial charge is 0.324 e. The van der Waals surface area contributed by atoms with E-state index in [2.05, 4.69) is 4.72 Å². The van der Waals surface area contributed by atoms with Crippen LogP contribution in [0.15, 0.2) is 0 Å². The van der Waals surface area contributed by atoms with Crippen LogP contribution in [-0.4, -0.2) is 34.2 Å². The van der Waals surface area contributed by atoms with Gasteiger partial charge in [0.25, 0.3) is 0 Å². The van der Waals surface area contributed by atoms with E-state index in [0.717, 1.165) is 0 Å². The average molecular weight is 281 g/mol. The third-order valence-electron chi connectivity index (χ3n) is 2.43. The van der Waals surface area contributed by atoms with Crippen LogP contribution in [0.2, 0.25) is 0 Å². The molecule has 0 bridgehead atoms. The lowest BCUT2D eigenvalue weighted by molar-refractivity contribution is -0.148. The van der Waals surface area contributed by atoms with E-state index in [1.807, 2.05) is 0 Å². The number of hydrogen-bond acceptors (Lipinski definition) is 3. The summed E-state index contributed by atoms with van der Waals surface area (Å²) in [5.74, 6) is -0.572. The highest BCUT2D eigenvalue weighted by Crippen LogP contribution is 2.24. The van der Waals surface area contributed by atoms with Gasteiger partial charge in [-0.1, -0.05) is 13.8 Å². The second-order valence-corrected chi connectivity index (χ2v) is 7.80. The fraction of sp³-hybridized carbons (Fsp3) is 0.917. The van der Waals surface area contributed by atoms with Crippen molar-refractivity contribution in [2.24, 2.45) is 5.41 Å². The quantitative estimate of drug-likeness (QED) is 0.757. The molecule has 0 saturated heterocycles. The Bertz CT molecular complexity index is 313. The Labute approximate surface area is 111 Å². The van der Waals surface area contributed by atoms with Gasteiger partial charge in [-0.05, 0) is 27.7 Å². The van der Waals surface area contributed by atoms with Crippen LogP contribution in [0.1, 0.15) is 41.5 Å². The molecule has 0 aromatic heterocycles. The summed E-state index contributed by atoms with van der Waals surface area (Å²) in [6.07, 6.45) is 0. The minimum atomic E-state index is -1.46. The van der Waals surface area contributed by atoms with Gasteiger partial charge in [0.1, 0.15) is 6.04 Å². The van der Waals surface area contributed by atoms with Crippen LogP contribution in [0.25, 0.3) is 0 Å². The average Bonchev–Trinajstić information content (AvgIpc) is 2.24. The predicted octanol–water partition coefficient (Wildman–Crippen LogP) is 1.97. The zero-order chi connectivity index (χ0) is 14.6. The first kappa shape index (κ1) is 17.5. The van der Waals surface area contributed by atoms with Crippen LogP contribution in [-0.2, 0) is 20.5 Å². The lowest BCUT2D eigenvalue weighted by Gasteiger charge is -2.32. The van der Waals surface area contributed by atoms with Gasteiger partial charge in [0.2, 0.25) is 0 Å². The second-order valence-electron chi connectivity index (χ2n) is 5.81. The van der Waals surface area contributed by atoms with Crippen LogP contribution >= 0.6 is 0 Å². The van der Waals surface area contributed by atoms with E-state index in [1.54, 1.807) is 41.5 Å². The molecule has 0 heterocycles. The molecule has 18 heavy (non-hydrogen) atoms. The predicted molar refractivity (Wildman–Crippen MR) is 71.2 cm³/mol. The normalized spacial score (nSPS) is 16.2. The molecule has 0 radical (unpaired) electrons. The maximum Gasteiger partial charge on any atom is 0.324 e. The van der Waals surface area contributed by atoms with Crippen LogP contribution in [0.5, 0.6) is 0 Å². The van der Waals surface area contributed by atoms with Crippen molar-refractivity contribution in [2.45, 2.75) is 52.3 Å². The Morgan fingerprint density at radius 3 is 2.17 bits per heavy atom. The maximum absolute atomic E-state index is 13.0. The van der Waals surface area contributed by atoms with Crippen LogP contribution in [0.3, 0.4) is 0 Å². The third-order valence-corrected chi connectivity index (χ3v) is 3.99. The van der Waals surface area contributed by atoms with Gasteiger partial charge in [-0.15, -0.1) is 0 Å². The highest BCUT2D eigenvalue weighted by Gasteiger charge is 2.39. The van der Waals surface area contributed by atoms with Crippen LogP contribution in [0.4, 0.5) is 4.39 Å². The van der Waals surface area contributed by atoms with Crippen molar-refractivity contribution in [3.05, 3.63) is 0 Å². The summed E-state index contributed by atoms with van der Waals surface area (Å²) in [4.78, 5) is 11.8. The number of rotatable bonds is 6. The number of carbonyl (C=O) groups is 1. The van der Waals surface area contributed by atoms with Gasteiger partial charge in [-0.25, -0.2) is 8.93 Å². The first-order valence-electron chi connectivity index (χ1n) is 5.97. The molecular formula is C12H24FNO3S. The summed E-state index contributed by atoms with van der Waals surface area (Å²) in [6, 6.07) is -0.928. The molecule has 0 fully saturated rings. The summed E-state index contributed by atoms with van der Waals surface area (Å²) >= 11 is 0. The molecule has 4 nitrogen and oxygen atoms in total. The van der Waals surface area contributed by atoms with Crippen molar-refractivity contribution in [1.29, 1.82) is 0 Å². The summed E-state index contributed by atoms with van der Waals surface area (Å²) < 4.78 is 32.1. The highest BCUT2D eigenvalue weighted by atomic mass is 32.2. The maximum atomic E-state index is 13.0. The Hall–Kier alpha value is -0.490. The molecule has 108 valence electrons. The molecule has 2 atom stereocenters. The van der Waals surface area contributed by atoms with Gasteiger partial charge in [0.15, 0.2) is 0 Å². The summed E-state index contributed by atoms with van der Waals surface area (Å²) in [6.45, 7) is 9.72.